The average molecular weight is 372 g/mol. The second-order valence-electron chi connectivity index (χ2n) is 4.58. The maximum Gasteiger partial charge on any atom is 0.252 e. The minimum Gasteiger partial charge on any atom is -0.379 e. The Bertz CT molecular complexity index is 501. The lowest BCUT2D eigenvalue weighted by molar-refractivity contribution is 0.00996. The predicted molar refractivity (Wildman–Crippen MR) is 85.4 cm³/mol. The molecule has 0 unspecified atom stereocenters. The van der Waals surface area contributed by atoms with Gasteiger partial charge in [-0.2, -0.15) is 0 Å². The number of morpholine rings is 1. The lowest BCUT2D eigenvalue weighted by Gasteiger charge is -2.38. The Kier molecular flexibility index (Phi) is 6.00. The minimum absolute atomic E-state index is 0.347. The van der Waals surface area contributed by atoms with Crippen molar-refractivity contribution < 1.29 is 9.53 Å². The molecule has 0 saturated carbocycles. The van der Waals surface area contributed by atoms with Gasteiger partial charge in [0.1, 0.15) is 6.17 Å². The summed E-state index contributed by atoms with van der Waals surface area (Å²) < 4.78 is 3.62. The molecule has 0 bridgehead atoms. The maximum absolute atomic E-state index is 12.3. The third-order valence-corrected chi connectivity index (χ3v) is 3.93. The number of alkyl halides is 3. The summed E-state index contributed by atoms with van der Waals surface area (Å²) in [6, 6.07) is 6.59. The smallest absolute Gasteiger partial charge is 0.252 e. The molecular weight excluding hydrogens is 358 g/mol. The molecular formula is C13H14Cl4N2O2. The highest BCUT2D eigenvalue weighted by molar-refractivity contribution is 6.68. The number of halogens is 4. The van der Waals surface area contributed by atoms with E-state index < -0.39 is 9.96 Å². The number of hydrogen-bond acceptors (Lipinski definition) is 3. The van der Waals surface area contributed by atoms with Crippen molar-refractivity contribution in [3.63, 3.8) is 0 Å². The molecule has 2 rings (SSSR count). The van der Waals surface area contributed by atoms with E-state index >= 15 is 0 Å². The fraction of sp³-hybridized carbons (Fsp3) is 0.462. The Labute approximate surface area is 143 Å². The first kappa shape index (κ1) is 17.1. The monoisotopic (exact) mass is 370 g/mol. The highest BCUT2D eigenvalue weighted by atomic mass is 35.6. The third-order valence-electron chi connectivity index (χ3n) is 3.08. The minimum atomic E-state index is -1.65. The van der Waals surface area contributed by atoms with E-state index in [4.69, 9.17) is 51.1 Å². The summed E-state index contributed by atoms with van der Waals surface area (Å²) in [7, 11) is 0. The predicted octanol–water partition coefficient (Wildman–Crippen LogP) is 3.10. The summed E-state index contributed by atoms with van der Waals surface area (Å²) in [5, 5.41) is 3.22. The summed E-state index contributed by atoms with van der Waals surface area (Å²) in [6.45, 7) is 2.22. The number of nitrogens with one attached hydrogen (secondary N) is 1. The Hall–Kier alpha value is -0.230. The summed E-state index contributed by atoms with van der Waals surface area (Å²) in [6.07, 6.45) is -0.738. The number of rotatable bonds is 3. The normalized spacial score (nSPS) is 18.3. The van der Waals surface area contributed by atoms with Crippen LogP contribution < -0.4 is 5.32 Å². The van der Waals surface area contributed by atoms with Gasteiger partial charge in [-0.15, -0.1) is 0 Å². The van der Waals surface area contributed by atoms with Gasteiger partial charge in [-0.3, -0.25) is 9.69 Å². The molecule has 1 heterocycles. The molecule has 1 aromatic rings. The van der Waals surface area contributed by atoms with Gasteiger partial charge in [0.15, 0.2) is 0 Å². The van der Waals surface area contributed by atoms with E-state index in [0.29, 0.717) is 36.9 Å². The largest absolute Gasteiger partial charge is 0.379 e. The molecule has 1 N–H and O–H groups in total. The van der Waals surface area contributed by atoms with Gasteiger partial charge in [0.25, 0.3) is 5.91 Å². The zero-order chi connectivity index (χ0) is 15.5. The number of nitrogens with zero attached hydrogens (tertiary/aromatic N) is 1. The van der Waals surface area contributed by atoms with Crippen LogP contribution >= 0.6 is 46.4 Å². The van der Waals surface area contributed by atoms with E-state index in [1.165, 1.54) is 0 Å². The van der Waals surface area contributed by atoms with Gasteiger partial charge in [0, 0.05) is 23.7 Å². The van der Waals surface area contributed by atoms with Crippen molar-refractivity contribution in [3.8, 4) is 0 Å². The Morgan fingerprint density at radius 3 is 2.52 bits per heavy atom. The van der Waals surface area contributed by atoms with Gasteiger partial charge >= 0.3 is 0 Å². The van der Waals surface area contributed by atoms with Crippen molar-refractivity contribution in [2.75, 3.05) is 26.3 Å². The lowest BCUT2D eigenvalue weighted by atomic mass is 10.2. The van der Waals surface area contributed by atoms with Crippen molar-refractivity contribution >= 4 is 52.3 Å². The number of hydrogen-bond donors (Lipinski definition) is 1. The zero-order valence-corrected chi connectivity index (χ0v) is 14.0. The molecule has 1 fully saturated rings. The quantitative estimate of drug-likeness (QED) is 0.830. The average Bonchev–Trinajstić information content (AvgIpc) is 2.44. The SMILES string of the molecule is O=C(N[C@@H](N1CCOCC1)C(Cl)(Cl)Cl)c1cccc(Cl)c1. The first-order valence-electron chi connectivity index (χ1n) is 6.33. The van der Waals surface area contributed by atoms with Crippen LogP contribution in [0.15, 0.2) is 24.3 Å². The highest BCUT2D eigenvalue weighted by Crippen LogP contribution is 2.32. The Morgan fingerprint density at radius 1 is 1.29 bits per heavy atom. The fourth-order valence-electron chi connectivity index (χ4n) is 2.05. The molecule has 0 radical (unpaired) electrons. The first-order chi connectivity index (χ1) is 9.88. The molecule has 0 aromatic heterocycles. The van der Waals surface area contributed by atoms with E-state index in [2.05, 4.69) is 5.32 Å². The third kappa shape index (κ3) is 4.88. The number of amides is 1. The number of ether oxygens (including phenoxy) is 1. The Balaban J connectivity index is 2.13. The van der Waals surface area contributed by atoms with E-state index in [1.54, 1.807) is 24.3 Å². The molecule has 1 aromatic carbocycles. The van der Waals surface area contributed by atoms with Crippen molar-refractivity contribution in [2.24, 2.45) is 0 Å². The first-order valence-corrected chi connectivity index (χ1v) is 7.84. The molecule has 1 amide bonds. The van der Waals surface area contributed by atoms with Crippen LogP contribution in [0.3, 0.4) is 0 Å². The molecule has 0 aliphatic carbocycles. The van der Waals surface area contributed by atoms with E-state index in [0.717, 1.165) is 0 Å². The van der Waals surface area contributed by atoms with Crippen LogP contribution in [0, 0.1) is 0 Å². The van der Waals surface area contributed by atoms with Gasteiger partial charge in [0.2, 0.25) is 3.79 Å². The maximum atomic E-state index is 12.3. The van der Waals surface area contributed by atoms with Crippen LogP contribution in [0.1, 0.15) is 10.4 Å². The van der Waals surface area contributed by atoms with Crippen LogP contribution in [0.2, 0.25) is 5.02 Å². The summed E-state index contributed by atoms with van der Waals surface area (Å²) in [4.78, 5) is 14.2. The molecule has 116 valence electrons. The van der Waals surface area contributed by atoms with E-state index in [9.17, 15) is 4.79 Å². The number of carbonyl (C=O) groups is 1. The van der Waals surface area contributed by atoms with Gasteiger partial charge in [0.05, 0.1) is 13.2 Å². The molecule has 0 spiro atoms. The van der Waals surface area contributed by atoms with Crippen LogP contribution in [0.25, 0.3) is 0 Å². The second-order valence-corrected chi connectivity index (χ2v) is 7.38. The standard InChI is InChI=1S/C13H14Cl4N2O2/c14-10-3-1-2-9(8-10)11(20)18-12(13(15,16)17)19-4-6-21-7-5-19/h1-3,8,12H,4-7H2,(H,18,20)/t12-/m0/s1. The summed E-state index contributed by atoms with van der Waals surface area (Å²) in [5.74, 6) is -0.347. The van der Waals surface area contributed by atoms with Crippen LogP contribution in [0.4, 0.5) is 0 Å². The van der Waals surface area contributed by atoms with Crippen molar-refractivity contribution in [3.05, 3.63) is 34.9 Å². The number of carbonyl (C=O) groups excluding carboxylic acids is 1. The fourth-order valence-corrected chi connectivity index (χ4v) is 2.82. The molecule has 21 heavy (non-hydrogen) atoms. The van der Waals surface area contributed by atoms with Crippen molar-refractivity contribution in [1.82, 2.24) is 10.2 Å². The van der Waals surface area contributed by atoms with Gasteiger partial charge in [-0.1, -0.05) is 52.5 Å². The van der Waals surface area contributed by atoms with Gasteiger partial charge in [-0.05, 0) is 18.2 Å². The van der Waals surface area contributed by atoms with Gasteiger partial charge < -0.3 is 10.1 Å². The lowest BCUT2D eigenvalue weighted by Crippen LogP contribution is -2.58. The highest BCUT2D eigenvalue weighted by Gasteiger charge is 2.39. The molecule has 1 atom stereocenters. The molecule has 1 aliphatic rings. The van der Waals surface area contributed by atoms with Crippen LogP contribution in [0.5, 0.6) is 0 Å². The van der Waals surface area contributed by atoms with Crippen LogP contribution in [-0.4, -0.2) is 47.1 Å². The second kappa shape index (κ2) is 7.36. The van der Waals surface area contributed by atoms with Crippen molar-refractivity contribution in [1.29, 1.82) is 0 Å². The molecule has 1 aliphatic heterocycles. The van der Waals surface area contributed by atoms with Crippen molar-refractivity contribution in [2.45, 2.75) is 9.96 Å². The Morgan fingerprint density at radius 2 is 1.95 bits per heavy atom. The molecule has 4 nitrogen and oxygen atoms in total. The van der Waals surface area contributed by atoms with Gasteiger partial charge in [-0.25, -0.2) is 0 Å². The van der Waals surface area contributed by atoms with E-state index in [1.807, 2.05) is 4.90 Å². The van der Waals surface area contributed by atoms with Crippen LogP contribution in [-0.2, 0) is 4.74 Å². The summed E-state index contributed by atoms with van der Waals surface area (Å²) >= 11 is 23.9. The molecule has 1 saturated heterocycles. The van der Waals surface area contributed by atoms with E-state index in [-0.39, 0.29) is 5.91 Å². The number of benzene rings is 1. The molecule has 8 heteroatoms. The summed E-state index contributed by atoms with van der Waals surface area (Å²) in [5.41, 5.74) is 0.412. The zero-order valence-electron chi connectivity index (χ0n) is 11.0. The topological polar surface area (TPSA) is 41.6 Å².